The van der Waals surface area contributed by atoms with Crippen LogP contribution in [0.1, 0.15) is 30.9 Å². The van der Waals surface area contributed by atoms with Crippen molar-refractivity contribution in [1.82, 2.24) is 5.43 Å². The van der Waals surface area contributed by atoms with Crippen molar-refractivity contribution in [3.05, 3.63) is 47.5 Å². The fraction of sp³-hybridized carbons (Fsp3) is 0.333. The van der Waals surface area contributed by atoms with Gasteiger partial charge in [-0.25, -0.2) is 0 Å². The monoisotopic (exact) mass is 224 g/mol. The number of rotatable bonds is 6. The van der Waals surface area contributed by atoms with Gasteiger partial charge >= 0.3 is 0 Å². The van der Waals surface area contributed by atoms with Crippen LogP contribution in [0.5, 0.6) is 0 Å². The molecule has 0 aliphatic carbocycles. The molecule has 0 spiro atoms. The Kier molecular flexibility index (Phi) is 5.40. The molecule has 0 saturated carbocycles. The van der Waals surface area contributed by atoms with Gasteiger partial charge in [0.1, 0.15) is 0 Å². The summed E-state index contributed by atoms with van der Waals surface area (Å²) in [5.41, 5.74) is 3.86. The fourth-order valence-electron chi connectivity index (χ4n) is 1.55. The number of unbranched alkanes of at least 4 members (excludes halogenated alkanes) is 1. The number of hydrogen-bond donors (Lipinski definition) is 2. The molecule has 1 rings (SSSR count). The average Bonchev–Trinajstić information content (AvgIpc) is 2.26. The van der Waals surface area contributed by atoms with Gasteiger partial charge in [0.05, 0.1) is 0 Å². The molecular formula is C12H17ClN2. The van der Waals surface area contributed by atoms with Crippen LogP contribution in [-0.2, 0) is 0 Å². The van der Waals surface area contributed by atoms with Gasteiger partial charge in [0.25, 0.3) is 0 Å². The highest BCUT2D eigenvalue weighted by Crippen LogP contribution is 2.25. The predicted molar refractivity (Wildman–Crippen MR) is 65.6 cm³/mol. The van der Waals surface area contributed by atoms with E-state index in [0.29, 0.717) is 0 Å². The third-order valence-electron chi connectivity index (χ3n) is 2.38. The lowest BCUT2D eigenvalue weighted by Crippen LogP contribution is -2.28. The van der Waals surface area contributed by atoms with Gasteiger partial charge in [-0.2, -0.15) is 0 Å². The van der Waals surface area contributed by atoms with Gasteiger partial charge in [-0.3, -0.25) is 11.3 Å². The Morgan fingerprint density at radius 2 is 2.20 bits per heavy atom. The minimum atomic E-state index is 0.124. The lowest BCUT2D eigenvalue weighted by atomic mass is 10.0. The van der Waals surface area contributed by atoms with Gasteiger partial charge in [-0.15, -0.1) is 6.58 Å². The Labute approximate surface area is 96.1 Å². The molecule has 1 unspecified atom stereocenters. The Balaban J connectivity index is 2.65. The zero-order chi connectivity index (χ0) is 11.1. The van der Waals surface area contributed by atoms with Crippen molar-refractivity contribution in [2.75, 3.05) is 0 Å². The van der Waals surface area contributed by atoms with Crippen LogP contribution >= 0.6 is 11.6 Å². The van der Waals surface area contributed by atoms with Crippen LogP contribution in [0.4, 0.5) is 0 Å². The fourth-order valence-corrected chi connectivity index (χ4v) is 1.82. The largest absolute Gasteiger partial charge is 0.271 e. The zero-order valence-corrected chi connectivity index (χ0v) is 9.50. The first kappa shape index (κ1) is 12.2. The summed E-state index contributed by atoms with van der Waals surface area (Å²) in [6.45, 7) is 3.70. The second-order valence-corrected chi connectivity index (χ2v) is 3.87. The molecular weight excluding hydrogens is 208 g/mol. The van der Waals surface area contributed by atoms with E-state index in [2.05, 4.69) is 12.0 Å². The molecule has 3 heteroatoms. The molecule has 2 nitrogen and oxygen atoms in total. The second-order valence-electron chi connectivity index (χ2n) is 3.46. The maximum absolute atomic E-state index is 6.09. The van der Waals surface area contributed by atoms with Crippen LogP contribution in [0, 0.1) is 0 Å². The van der Waals surface area contributed by atoms with Crippen LogP contribution < -0.4 is 11.3 Å². The van der Waals surface area contributed by atoms with Gasteiger partial charge in [-0.05, 0) is 30.9 Å². The van der Waals surface area contributed by atoms with Gasteiger partial charge in [-0.1, -0.05) is 35.9 Å². The van der Waals surface area contributed by atoms with E-state index in [1.165, 1.54) is 0 Å². The highest BCUT2D eigenvalue weighted by Gasteiger charge is 2.11. The SMILES string of the molecule is C=CCCCC(NN)c1ccccc1Cl. The van der Waals surface area contributed by atoms with Crippen LogP contribution in [0.15, 0.2) is 36.9 Å². The molecule has 0 aliphatic rings. The molecule has 0 saturated heterocycles. The number of hydrazine groups is 1. The van der Waals surface area contributed by atoms with Gasteiger partial charge in [0.2, 0.25) is 0 Å². The first-order chi connectivity index (χ1) is 7.29. The van der Waals surface area contributed by atoms with Crippen molar-refractivity contribution in [3.8, 4) is 0 Å². The third-order valence-corrected chi connectivity index (χ3v) is 2.73. The number of benzene rings is 1. The molecule has 0 amide bonds. The lowest BCUT2D eigenvalue weighted by Gasteiger charge is -2.17. The molecule has 0 radical (unpaired) electrons. The Hall–Kier alpha value is -0.830. The smallest absolute Gasteiger partial charge is 0.0474 e. The highest BCUT2D eigenvalue weighted by atomic mass is 35.5. The van der Waals surface area contributed by atoms with Gasteiger partial charge in [0.15, 0.2) is 0 Å². The summed E-state index contributed by atoms with van der Waals surface area (Å²) < 4.78 is 0. The molecule has 82 valence electrons. The summed E-state index contributed by atoms with van der Waals surface area (Å²) in [5, 5.41) is 0.763. The number of hydrogen-bond acceptors (Lipinski definition) is 2. The maximum atomic E-state index is 6.09. The number of halogens is 1. The van der Waals surface area contributed by atoms with E-state index in [0.717, 1.165) is 29.8 Å². The molecule has 3 N–H and O–H groups in total. The first-order valence-electron chi connectivity index (χ1n) is 5.11. The molecule has 0 fully saturated rings. The van der Waals surface area contributed by atoms with E-state index < -0.39 is 0 Å². The van der Waals surface area contributed by atoms with E-state index >= 15 is 0 Å². The molecule has 0 aromatic heterocycles. The quantitative estimate of drug-likeness (QED) is 0.337. The Morgan fingerprint density at radius 1 is 1.47 bits per heavy atom. The zero-order valence-electron chi connectivity index (χ0n) is 8.75. The number of allylic oxidation sites excluding steroid dienone is 1. The minimum absolute atomic E-state index is 0.124. The molecule has 1 aromatic carbocycles. The van der Waals surface area contributed by atoms with Crippen LogP contribution in [-0.4, -0.2) is 0 Å². The van der Waals surface area contributed by atoms with E-state index in [1.54, 1.807) is 0 Å². The van der Waals surface area contributed by atoms with E-state index in [1.807, 2.05) is 30.3 Å². The van der Waals surface area contributed by atoms with E-state index in [-0.39, 0.29) is 6.04 Å². The summed E-state index contributed by atoms with van der Waals surface area (Å²) in [4.78, 5) is 0. The van der Waals surface area contributed by atoms with Crippen LogP contribution in [0.2, 0.25) is 5.02 Å². The van der Waals surface area contributed by atoms with E-state index in [4.69, 9.17) is 17.4 Å². The molecule has 0 heterocycles. The molecule has 15 heavy (non-hydrogen) atoms. The molecule has 0 bridgehead atoms. The van der Waals surface area contributed by atoms with Gasteiger partial charge < -0.3 is 0 Å². The predicted octanol–water partition coefficient (Wildman–Crippen LogP) is 3.20. The van der Waals surface area contributed by atoms with Crippen molar-refractivity contribution in [3.63, 3.8) is 0 Å². The Bertz CT molecular complexity index is 312. The molecule has 1 atom stereocenters. The third kappa shape index (κ3) is 3.67. The summed E-state index contributed by atoms with van der Waals surface area (Å²) in [5.74, 6) is 5.52. The van der Waals surface area contributed by atoms with Crippen molar-refractivity contribution in [2.24, 2.45) is 5.84 Å². The van der Waals surface area contributed by atoms with E-state index in [9.17, 15) is 0 Å². The lowest BCUT2D eigenvalue weighted by molar-refractivity contribution is 0.501. The topological polar surface area (TPSA) is 38.0 Å². The summed E-state index contributed by atoms with van der Waals surface area (Å²) in [7, 11) is 0. The average molecular weight is 225 g/mol. The van der Waals surface area contributed by atoms with Crippen molar-refractivity contribution in [1.29, 1.82) is 0 Å². The normalized spacial score (nSPS) is 12.4. The minimum Gasteiger partial charge on any atom is -0.271 e. The van der Waals surface area contributed by atoms with Gasteiger partial charge in [0, 0.05) is 11.1 Å². The maximum Gasteiger partial charge on any atom is 0.0474 e. The molecule has 0 aliphatic heterocycles. The number of nitrogens with one attached hydrogen (secondary N) is 1. The summed E-state index contributed by atoms with van der Waals surface area (Å²) in [6, 6.07) is 7.90. The number of nitrogens with two attached hydrogens (primary N) is 1. The van der Waals surface area contributed by atoms with Crippen molar-refractivity contribution in [2.45, 2.75) is 25.3 Å². The van der Waals surface area contributed by atoms with Crippen LogP contribution in [0.3, 0.4) is 0 Å². The van der Waals surface area contributed by atoms with Crippen LogP contribution in [0.25, 0.3) is 0 Å². The van der Waals surface area contributed by atoms with Crippen molar-refractivity contribution < 1.29 is 0 Å². The molecule has 1 aromatic rings. The highest BCUT2D eigenvalue weighted by molar-refractivity contribution is 6.31. The summed E-state index contributed by atoms with van der Waals surface area (Å²) >= 11 is 6.09. The standard InChI is InChI=1S/C12H17ClN2/c1-2-3-4-9-12(15-14)10-7-5-6-8-11(10)13/h2,5-8,12,15H,1,3-4,9,14H2. The first-order valence-corrected chi connectivity index (χ1v) is 5.49. The van der Waals surface area contributed by atoms with Crippen molar-refractivity contribution >= 4 is 11.6 Å². The Morgan fingerprint density at radius 3 is 2.80 bits per heavy atom. The second kappa shape index (κ2) is 6.62. The summed E-state index contributed by atoms with van der Waals surface area (Å²) in [6.07, 6.45) is 4.94.